The van der Waals surface area contributed by atoms with Gasteiger partial charge in [-0.05, 0) is 43.2 Å². The van der Waals surface area contributed by atoms with Crippen molar-refractivity contribution < 1.29 is 19.1 Å². The van der Waals surface area contributed by atoms with E-state index in [-0.39, 0.29) is 17.9 Å². The van der Waals surface area contributed by atoms with E-state index in [4.69, 9.17) is 15.2 Å². The van der Waals surface area contributed by atoms with Crippen molar-refractivity contribution in [3.63, 3.8) is 0 Å². The maximum absolute atomic E-state index is 12.4. The van der Waals surface area contributed by atoms with Crippen LogP contribution in [-0.2, 0) is 10.2 Å². The monoisotopic (exact) mass is 354 g/mol. The highest BCUT2D eigenvalue weighted by Gasteiger charge is 2.46. The molecule has 1 aliphatic rings. The molecule has 0 aliphatic heterocycles. The normalized spacial score (nSPS) is 14.3. The number of benzene rings is 2. The van der Waals surface area contributed by atoms with E-state index in [9.17, 15) is 9.59 Å². The lowest BCUT2D eigenvalue weighted by atomic mass is 9.94. The molecule has 136 valence electrons. The van der Waals surface area contributed by atoms with E-state index in [0.29, 0.717) is 17.9 Å². The van der Waals surface area contributed by atoms with Gasteiger partial charge in [0.25, 0.3) is 11.8 Å². The molecule has 3 rings (SSSR count). The van der Waals surface area contributed by atoms with Crippen LogP contribution in [0.15, 0.2) is 48.5 Å². The number of nitrogens with two attached hydrogens (primary N) is 1. The number of para-hydroxylation sites is 1. The zero-order chi connectivity index (χ0) is 18.6. The third-order valence-corrected chi connectivity index (χ3v) is 4.62. The largest absolute Gasteiger partial charge is 0.496 e. The van der Waals surface area contributed by atoms with E-state index in [1.165, 1.54) is 0 Å². The van der Waals surface area contributed by atoms with Crippen molar-refractivity contribution in [2.45, 2.75) is 18.3 Å². The second kappa shape index (κ2) is 7.47. The van der Waals surface area contributed by atoms with Crippen LogP contribution in [0.5, 0.6) is 11.5 Å². The number of hydrogen-bond donors (Lipinski definition) is 2. The Morgan fingerprint density at radius 1 is 1.12 bits per heavy atom. The van der Waals surface area contributed by atoms with Gasteiger partial charge in [-0.1, -0.05) is 18.2 Å². The maximum atomic E-state index is 12.4. The van der Waals surface area contributed by atoms with Crippen molar-refractivity contribution in [3.05, 3.63) is 59.7 Å². The predicted octanol–water partition coefficient (Wildman–Crippen LogP) is 2.02. The summed E-state index contributed by atoms with van der Waals surface area (Å²) in [6.07, 6.45) is 2.04. The van der Waals surface area contributed by atoms with E-state index in [0.717, 1.165) is 24.2 Å². The fourth-order valence-corrected chi connectivity index (χ4v) is 2.98. The van der Waals surface area contributed by atoms with Gasteiger partial charge in [-0.2, -0.15) is 0 Å². The van der Waals surface area contributed by atoms with Crippen LogP contribution in [0.2, 0.25) is 0 Å². The number of carbonyl (C=O) groups excluding carboxylic acids is 2. The highest BCUT2D eigenvalue weighted by Crippen LogP contribution is 2.50. The molecule has 1 aliphatic carbocycles. The quantitative estimate of drug-likeness (QED) is 0.759. The molecule has 1 saturated carbocycles. The molecule has 0 aromatic heterocycles. The molecule has 0 unspecified atom stereocenters. The molecule has 0 heterocycles. The molecule has 0 saturated heterocycles. The summed E-state index contributed by atoms with van der Waals surface area (Å²) in [5.41, 5.74) is 6.66. The van der Waals surface area contributed by atoms with Gasteiger partial charge in [-0.15, -0.1) is 0 Å². The Morgan fingerprint density at radius 2 is 1.81 bits per heavy atom. The molecular weight excluding hydrogens is 332 g/mol. The topological polar surface area (TPSA) is 90.7 Å². The SMILES string of the molecule is COc1ccccc1C1(CNC(=O)c2ccc(OCC(N)=O)cc2)CC1. The van der Waals surface area contributed by atoms with Crippen molar-refractivity contribution in [1.82, 2.24) is 5.32 Å². The number of hydrogen-bond acceptors (Lipinski definition) is 4. The van der Waals surface area contributed by atoms with Crippen LogP contribution in [0.4, 0.5) is 0 Å². The minimum atomic E-state index is -0.544. The molecule has 0 bridgehead atoms. The standard InChI is InChI=1S/C20H22N2O4/c1-25-17-5-3-2-4-16(17)20(10-11-20)13-22-19(24)14-6-8-15(9-7-14)26-12-18(21)23/h2-9H,10-13H2,1H3,(H2,21,23)(H,22,24). The van der Waals surface area contributed by atoms with Gasteiger partial charge in [0.05, 0.1) is 7.11 Å². The summed E-state index contributed by atoms with van der Waals surface area (Å²) in [6.45, 7) is 0.374. The highest BCUT2D eigenvalue weighted by molar-refractivity contribution is 5.94. The average molecular weight is 354 g/mol. The maximum Gasteiger partial charge on any atom is 0.255 e. The van der Waals surface area contributed by atoms with Gasteiger partial charge in [0.1, 0.15) is 11.5 Å². The first-order valence-corrected chi connectivity index (χ1v) is 8.47. The van der Waals surface area contributed by atoms with Crippen molar-refractivity contribution in [2.75, 3.05) is 20.3 Å². The minimum Gasteiger partial charge on any atom is -0.496 e. The average Bonchev–Trinajstić information content (AvgIpc) is 3.46. The van der Waals surface area contributed by atoms with Gasteiger partial charge in [0.15, 0.2) is 6.61 Å². The van der Waals surface area contributed by atoms with Crippen LogP contribution in [0.1, 0.15) is 28.8 Å². The molecule has 6 heteroatoms. The Bertz CT molecular complexity index is 798. The molecule has 6 nitrogen and oxygen atoms in total. The van der Waals surface area contributed by atoms with E-state index < -0.39 is 5.91 Å². The van der Waals surface area contributed by atoms with Crippen LogP contribution in [0, 0.1) is 0 Å². The van der Waals surface area contributed by atoms with Crippen LogP contribution in [-0.4, -0.2) is 32.1 Å². The number of rotatable bonds is 8. The summed E-state index contributed by atoms with van der Waals surface area (Å²) in [6, 6.07) is 14.5. The summed E-state index contributed by atoms with van der Waals surface area (Å²) in [4.78, 5) is 23.1. The molecular formula is C20H22N2O4. The molecule has 1 fully saturated rings. The molecule has 0 radical (unpaired) electrons. The summed E-state index contributed by atoms with van der Waals surface area (Å²) in [7, 11) is 1.66. The summed E-state index contributed by atoms with van der Waals surface area (Å²) >= 11 is 0. The first-order chi connectivity index (χ1) is 12.5. The zero-order valence-corrected chi connectivity index (χ0v) is 14.7. The van der Waals surface area contributed by atoms with Gasteiger partial charge >= 0.3 is 0 Å². The molecule has 3 N–H and O–H groups in total. The molecule has 2 amide bonds. The Hall–Kier alpha value is -3.02. The minimum absolute atomic E-state index is 0.0488. The van der Waals surface area contributed by atoms with Crippen molar-refractivity contribution in [3.8, 4) is 11.5 Å². The van der Waals surface area contributed by atoms with Crippen molar-refractivity contribution in [2.24, 2.45) is 5.73 Å². The zero-order valence-electron chi connectivity index (χ0n) is 14.7. The number of primary amides is 1. The number of nitrogens with one attached hydrogen (secondary N) is 1. The Morgan fingerprint density at radius 3 is 2.42 bits per heavy atom. The summed E-state index contributed by atoms with van der Waals surface area (Å²) < 4.78 is 10.6. The van der Waals surface area contributed by atoms with Crippen LogP contribution in [0.3, 0.4) is 0 Å². The molecule has 0 spiro atoms. The lowest BCUT2D eigenvalue weighted by Gasteiger charge is -2.19. The molecule has 0 atom stereocenters. The number of amides is 2. The van der Waals surface area contributed by atoms with Crippen molar-refractivity contribution >= 4 is 11.8 Å². The van der Waals surface area contributed by atoms with Gasteiger partial charge < -0.3 is 20.5 Å². The Balaban J connectivity index is 1.61. The number of carbonyl (C=O) groups is 2. The van der Waals surface area contributed by atoms with Gasteiger partial charge in [-0.3, -0.25) is 9.59 Å². The van der Waals surface area contributed by atoms with Crippen LogP contribution in [0.25, 0.3) is 0 Å². The fraction of sp³-hybridized carbons (Fsp3) is 0.300. The second-order valence-electron chi connectivity index (χ2n) is 6.44. The van der Waals surface area contributed by atoms with E-state index >= 15 is 0 Å². The summed E-state index contributed by atoms with van der Waals surface area (Å²) in [5.74, 6) is 0.661. The third kappa shape index (κ3) is 3.96. The fourth-order valence-electron chi connectivity index (χ4n) is 2.98. The van der Waals surface area contributed by atoms with Gasteiger partial charge in [-0.25, -0.2) is 0 Å². The summed E-state index contributed by atoms with van der Waals surface area (Å²) in [5, 5.41) is 3.01. The van der Waals surface area contributed by atoms with Crippen molar-refractivity contribution in [1.29, 1.82) is 0 Å². The smallest absolute Gasteiger partial charge is 0.255 e. The first-order valence-electron chi connectivity index (χ1n) is 8.47. The van der Waals surface area contributed by atoms with Crippen LogP contribution >= 0.6 is 0 Å². The molecule has 2 aromatic rings. The highest BCUT2D eigenvalue weighted by atomic mass is 16.5. The number of methoxy groups -OCH3 is 1. The Labute approximate surface area is 152 Å². The van der Waals surface area contributed by atoms with E-state index in [1.807, 2.05) is 18.2 Å². The second-order valence-corrected chi connectivity index (χ2v) is 6.44. The number of ether oxygens (including phenoxy) is 2. The lowest BCUT2D eigenvalue weighted by Crippen LogP contribution is -2.32. The lowest BCUT2D eigenvalue weighted by molar-refractivity contribution is -0.119. The van der Waals surface area contributed by atoms with Gasteiger partial charge in [0, 0.05) is 23.1 Å². The third-order valence-electron chi connectivity index (χ3n) is 4.62. The predicted molar refractivity (Wildman–Crippen MR) is 97.4 cm³/mol. The molecule has 2 aromatic carbocycles. The van der Waals surface area contributed by atoms with Crippen LogP contribution < -0.4 is 20.5 Å². The Kier molecular flexibility index (Phi) is 5.11. The van der Waals surface area contributed by atoms with Gasteiger partial charge in [0.2, 0.25) is 0 Å². The first kappa shape index (κ1) is 17.8. The van der Waals surface area contributed by atoms with E-state index in [1.54, 1.807) is 31.4 Å². The molecule has 26 heavy (non-hydrogen) atoms. The van der Waals surface area contributed by atoms with E-state index in [2.05, 4.69) is 11.4 Å².